The van der Waals surface area contributed by atoms with E-state index < -0.39 is 6.67 Å². The molecule has 1 N–H and O–H groups in total. The summed E-state index contributed by atoms with van der Waals surface area (Å²) < 4.78 is 29.8. The van der Waals surface area contributed by atoms with Gasteiger partial charge in [0, 0.05) is 12.1 Å². The first kappa shape index (κ1) is 10.9. The van der Waals surface area contributed by atoms with Crippen molar-refractivity contribution in [3.63, 3.8) is 0 Å². The van der Waals surface area contributed by atoms with Crippen LogP contribution in [-0.4, -0.2) is 20.3 Å². The Bertz CT molecular complexity index is 291. The summed E-state index contributed by atoms with van der Waals surface area (Å²) in [6.07, 6.45) is 0. The van der Waals surface area contributed by atoms with E-state index in [1.54, 1.807) is 7.05 Å². The first-order chi connectivity index (χ1) is 6.77. The van der Waals surface area contributed by atoms with Crippen LogP contribution >= 0.6 is 0 Å². The molecule has 2 nitrogen and oxygen atoms in total. The van der Waals surface area contributed by atoms with Crippen molar-refractivity contribution >= 4 is 0 Å². The summed E-state index contributed by atoms with van der Waals surface area (Å²) >= 11 is 0. The first-order valence-corrected chi connectivity index (χ1v) is 4.39. The zero-order chi connectivity index (χ0) is 10.4. The van der Waals surface area contributed by atoms with Gasteiger partial charge < -0.3 is 10.1 Å². The smallest absolute Gasteiger partial charge is 0.124 e. The minimum atomic E-state index is -0.545. The lowest BCUT2D eigenvalue weighted by Gasteiger charge is -2.09. The van der Waals surface area contributed by atoms with Crippen LogP contribution in [0, 0.1) is 5.82 Å². The molecule has 1 rings (SSSR count). The van der Waals surface area contributed by atoms with Crippen LogP contribution in [0.25, 0.3) is 0 Å². The van der Waals surface area contributed by atoms with Crippen LogP contribution in [0.5, 0.6) is 5.75 Å². The molecule has 1 aromatic carbocycles. The zero-order valence-electron chi connectivity index (χ0n) is 8.02. The SMILES string of the molecule is CNCc1cc(F)ccc1OCCF. The normalized spacial score (nSPS) is 10.2. The predicted octanol–water partition coefficient (Wildman–Crippen LogP) is 1.89. The highest BCUT2D eigenvalue weighted by molar-refractivity contribution is 5.33. The van der Waals surface area contributed by atoms with Gasteiger partial charge in [-0.25, -0.2) is 8.78 Å². The standard InChI is InChI=1S/C10H13F2NO/c1-13-7-8-6-9(12)2-3-10(8)14-5-4-11/h2-3,6,13H,4-5,7H2,1H3. The number of alkyl halides is 1. The van der Waals surface area contributed by atoms with Gasteiger partial charge in [-0.05, 0) is 25.2 Å². The summed E-state index contributed by atoms with van der Waals surface area (Å²) in [7, 11) is 1.75. The molecular weight excluding hydrogens is 188 g/mol. The number of rotatable bonds is 5. The van der Waals surface area contributed by atoms with E-state index in [4.69, 9.17) is 4.74 Å². The van der Waals surface area contributed by atoms with Gasteiger partial charge in [0.15, 0.2) is 0 Å². The van der Waals surface area contributed by atoms with Crippen LogP contribution in [0.2, 0.25) is 0 Å². The van der Waals surface area contributed by atoms with E-state index in [1.165, 1.54) is 18.2 Å². The molecule has 4 heteroatoms. The third-order valence-corrected chi connectivity index (χ3v) is 1.72. The van der Waals surface area contributed by atoms with E-state index in [2.05, 4.69) is 5.32 Å². The second-order valence-corrected chi connectivity index (χ2v) is 2.82. The molecule has 14 heavy (non-hydrogen) atoms. The van der Waals surface area contributed by atoms with Gasteiger partial charge in [-0.15, -0.1) is 0 Å². The van der Waals surface area contributed by atoms with Crippen molar-refractivity contribution in [1.29, 1.82) is 0 Å². The second-order valence-electron chi connectivity index (χ2n) is 2.82. The van der Waals surface area contributed by atoms with E-state index in [0.29, 0.717) is 17.9 Å². The molecule has 0 amide bonds. The fraction of sp³-hybridized carbons (Fsp3) is 0.400. The fourth-order valence-corrected chi connectivity index (χ4v) is 1.17. The molecule has 0 atom stereocenters. The van der Waals surface area contributed by atoms with Crippen LogP contribution in [0.4, 0.5) is 8.78 Å². The molecule has 0 radical (unpaired) electrons. The maximum absolute atomic E-state index is 12.8. The molecule has 0 unspecified atom stereocenters. The minimum absolute atomic E-state index is 0.00233. The molecule has 0 saturated heterocycles. The van der Waals surface area contributed by atoms with Gasteiger partial charge in [0.1, 0.15) is 24.8 Å². The Morgan fingerprint density at radius 3 is 2.86 bits per heavy atom. The summed E-state index contributed by atoms with van der Waals surface area (Å²) in [4.78, 5) is 0. The Labute approximate surface area is 81.9 Å². The molecule has 78 valence electrons. The maximum atomic E-state index is 12.8. The lowest BCUT2D eigenvalue weighted by molar-refractivity contribution is 0.270. The molecular formula is C10H13F2NO. The van der Waals surface area contributed by atoms with Crippen LogP contribution in [0.3, 0.4) is 0 Å². The zero-order valence-corrected chi connectivity index (χ0v) is 8.02. The van der Waals surface area contributed by atoms with Crippen LogP contribution < -0.4 is 10.1 Å². The van der Waals surface area contributed by atoms with E-state index in [0.717, 1.165) is 0 Å². The number of hydrogen-bond acceptors (Lipinski definition) is 2. The Hall–Kier alpha value is -1.16. The van der Waals surface area contributed by atoms with Crippen LogP contribution in [0.15, 0.2) is 18.2 Å². The van der Waals surface area contributed by atoms with Crippen molar-refractivity contribution in [3.8, 4) is 5.75 Å². The van der Waals surface area contributed by atoms with Gasteiger partial charge in [-0.2, -0.15) is 0 Å². The molecule has 0 aliphatic carbocycles. The topological polar surface area (TPSA) is 21.3 Å². The molecule has 0 aliphatic rings. The lowest BCUT2D eigenvalue weighted by Crippen LogP contribution is -2.09. The molecule has 0 aliphatic heterocycles. The minimum Gasteiger partial charge on any atom is -0.491 e. The van der Waals surface area contributed by atoms with E-state index in [9.17, 15) is 8.78 Å². The van der Waals surface area contributed by atoms with Gasteiger partial charge in [0.25, 0.3) is 0 Å². The van der Waals surface area contributed by atoms with Crippen LogP contribution in [-0.2, 0) is 6.54 Å². The van der Waals surface area contributed by atoms with Crippen molar-refractivity contribution in [2.24, 2.45) is 0 Å². The molecule has 1 aromatic rings. The Balaban J connectivity index is 2.78. The van der Waals surface area contributed by atoms with Crippen molar-refractivity contribution in [3.05, 3.63) is 29.6 Å². The number of halogens is 2. The molecule has 0 aromatic heterocycles. The summed E-state index contributed by atoms with van der Waals surface area (Å²) in [6.45, 7) is -0.0436. The van der Waals surface area contributed by atoms with E-state index in [1.807, 2.05) is 0 Å². The highest BCUT2D eigenvalue weighted by atomic mass is 19.1. The van der Waals surface area contributed by atoms with Crippen molar-refractivity contribution in [2.45, 2.75) is 6.54 Å². The van der Waals surface area contributed by atoms with Gasteiger partial charge in [0.2, 0.25) is 0 Å². The fourth-order valence-electron chi connectivity index (χ4n) is 1.17. The molecule has 0 saturated carbocycles. The molecule has 0 spiro atoms. The average Bonchev–Trinajstić information content (AvgIpc) is 2.17. The third-order valence-electron chi connectivity index (χ3n) is 1.72. The highest BCUT2D eigenvalue weighted by Gasteiger charge is 2.04. The van der Waals surface area contributed by atoms with Gasteiger partial charge in [0.05, 0.1) is 0 Å². The number of nitrogens with one attached hydrogen (secondary N) is 1. The largest absolute Gasteiger partial charge is 0.491 e. The average molecular weight is 201 g/mol. The lowest BCUT2D eigenvalue weighted by atomic mass is 10.2. The third kappa shape index (κ3) is 2.96. The Kier molecular flexibility index (Phi) is 4.32. The molecule has 0 heterocycles. The highest BCUT2D eigenvalue weighted by Crippen LogP contribution is 2.19. The molecule has 0 bridgehead atoms. The van der Waals surface area contributed by atoms with Crippen LogP contribution in [0.1, 0.15) is 5.56 Å². The van der Waals surface area contributed by atoms with Gasteiger partial charge in [-0.1, -0.05) is 0 Å². The Morgan fingerprint density at radius 1 is 1.43 bits per heavy atom. The van der Waals surface area contributed by atoms with Gasteiger partial charge >= 0.3 is 0 Å². The van der Waals surface area contributed by atoms with E-state index >= 15 is 0 Å². The van der Waals surface area contributed by atoms with Crippen molar-refractivity contribution < 1.29 is 13.5 Å². The number of ether oxygens (including phenoxy) is 1. The number of hydrogen-bond donors (Lipinski definition) is 1. The second kappa shape index (κ2) is 5.54. The predicted molar refractivity (Wildman–Crippen MR) is 50.6 cm³/mol. The monoisotopic (exact) mass is 201 g/mol. The summed E-state index contributed by atoms with van der Waals surface area (Å²) in [5.41, 5.74) is 0.695. The van der Waals surface area contributed by atoms with E-state index in [-0.39, 0.29) is 12.4 Å². The van der Waals surface area contributed by atoms with Crippen molar-refractivity contribution in [2.75, 3.05) is 20.3 Å². The molecule has 0 fully saturated rings. The summed E-state index contributed by atoms with van der Waals surface area (Å²) in [6, 6.07) is 4.19. The first-order valence-electron chi connectivity index (χ1n) is 4.39. The van der Waals surface area contributed by atoms with Gasteiger partial charge in [-0.3, -0.25) is 0 Å². The summed E-state index contributed by atoms with van der Waals surface area (Å²) in [5.74, 6) is 0.209. The Morgan fingerprint density at radius 2 is 2.21 bits per heavy atom. The number of benzene rings is 1. The maximum Gasteiger partial charge on any atom is 0.124 e. The van der Waals surface area contributed by atoms with Crippen molar-refractivity contribution in [1.82, 2.24) is 5.32 Å². The quantitative estimate of drug-likeness (QED) is 0.785. The summed E-state index contributed by atoms with van der Waals surface area (Å²) in [5, 5.41) is 2.89.